The highest BCUT2D eigenvalue weighted by atomic mass is 19.4. The van der Waals surface area contributed by atoms with Gasteiger partial charge in [0.1, 0.15) is 5.52 Å². The summed E-state index contributed by atoms with van der Waals surface area (Å²) in [5, 5.41) is 6.67. The molecule has 1 N–H and O–H groups in total. The third-order valence-corrected chi connectivity index (χ3v) is 3.78. The van der Waals surface area contributed by atoms with E-state index in [4.69, 9.17) is 4.42 Å². The number of para-hydroxylation sites is 2. The lowest BCUT2D eigenvalue weighted by Gasteiger charge is -2.03. The van der Waals surface area contributed by atoms with E-state index in [1.807, 2.05) is 30.3 Å². The molecule has 0 radical (unpaired) electrons. The number of fused-ring (bicyclic) bond motifs is 1. The zero-order chi connectivity index (χ0) is 19.0. The van der Waals surface area contributed by atoms with E-state index in [2.05, 4.69) is 15.4 Å². The first-order chi connectivity index (χ1) is 12.9. The Hall–Kier alpha value is -3.62. The van der Waals surface area contributed by atoms with Crippen molar-refractivity contribution in [1.82, 2.24) is 14.8 Å². The van der Waals surface area contributed by atoms with Crippen LogP contribution in [0.25, 0.3) is 16.8 Å². The molecule has 4 rings (SSSR count). The highest BCUT2D eigenvalue weighted by molar-refractivity contribution is 6.07. The molecule has 0 spiro atoms. The van der Waals surface area contributed by atoms with Crippen LogP contribution in [0.3, 0.4) is 0 Å². The Morgan fingerprint density at radius 3 is 2.59 bits per heavy atom. The molecule has 4 aromatic rings. The number of benzene rings is 2. The topological polar surface area (TPSA) is 73.0 Å². The van der Waals surface area contributed by atoms with E-state index in [1.54, 1.807) is 0 Å². The van der Waals surface area contributed by atoms with Gasteiger partial charge in [0, 0.05) is 6.20 Å². The molecule has 1 amide bonds. The summed E-state index contributed by atoms with van der Waals surface area (Å²) < 4.78 is 44.6. The van der Waals surface area contributed by atoms with Crippen LogP contribution in [-0.2, 0) is 6.18 Å². The Labute approximate surface area is 150 Å². The molecule has 136 valence electrons. The van der Waals surface area contributed by atoms with Crippen molar-refractivity contribution in [3.8, 4) is 5.69 Å². The summed E-state index contributed by atoms with van der Waals surface area (Å²) in [6.45, 7) is 0. The van der Waals surface area contributed by atoms with Crippen LogP contribution < -0.4 is 5.32 Å². The van der Waals surface area contributed by atoms with Gasteiger partial charge in [-0.15, -0.1) is 0 Å². The van der Waals surface area contributed by atoms with Crippen LogP contribution >= 0.6 is 0 Å². The van der Waals surface area contributed by atoms with Crippen molar-refractivity contribution in [2.45, 2.75) is 6.18 Å². The number of alkyl halides is 3. The molecule has 0 unspecified atom stereocenters. The van der Waals surface area contributed by atoms with E-state index in [1.165, 1.54) is 35.3 Å². The fraction of sp³-hybridized carbons (Fsp3) is 0.0556. The summed E-state index contributed by atoms with van der Waals surface area (Å²) in [4.78, 5) is 15.9. The number of rotatable bonds is 3. The average molecular weight is 372 g/mol. The summed E-state index contributed by atoms with van der Waals surface area (Å²) >= 11 is 0. The molecule has 0 aliphatic carbocycles. The van der Waals surface area contributed by atoms with Gasteiger partial charge in [-0.25, -0.2) is 9.67 Å². The Kier molecular flexibility index (Phi) is 3.91. The third-order valence-electron chi connectivity index (χ3n) is 3.78. The molecule has 2 heterocycles. The van der Waals surface area contributed by atoms with E-state index in [0.29, 0.717) is 0 Å². The molecule has 0 aliphatic rings. The van der Waals surface area contributed by atoms with Gasteiger partial charge in [-0.1, -0.05) is 24.3 Å². The van der Waals surface area contributed by atoms with Gasteiger partial charge < -0.3 is 9.73 Å². The molecular weight excluding hydrogens is 361 g/mol. The number of nitrogens with zero attached hydrogens (tertiary/aromatic N) is 3. The van der Waals surface area contributed by atoms with Crippen LogP contribution in [0.15, 0.2) is 65.3 Å². The van der Waals surface area contributed by atoms with Gasteiger partial charge in [0.25, 0.3) is 5.91 Å². The van der Waals surface area contributed by atoms with Crippen LogP contribution in [0.2, 0.25) is 0 Å². The number of oxazole rings is 1. The maximum Gasteiger partial charge on any atom is 0.468 e. The number of nitrogens with one attached hydrogen (secondary N) is 1. The van der Waals surface area contributed by atoms with Gasteiger partial charge in [-0.05, 0) is 24.3 Å². The molecule has 0 bridgehead atoms. The Bertz CT molecular complexity index is 1120. The molecule has 9 heteroatoms. The second kappa shape index (κ2) is 6.27. The summed E-state index contributed by atoms with van der Waals surface area (Å²) in [6, 6.07) is 13.4. The van der Waals surface area contributed by atoms with Crippen LogP contribution in [0, 0.1) is 0 Å². The van der Waals surface area contributed by atoms with Gasteiger partial charge >= 0.3 is 12.1 Å². The summed E-state index contributed by atoms with van der Waals surface area (Å²) in [7, 11) is 0. The smallest absolute Gasteiger partial charge is 0.433 e. The van der Waals surface area contributed by atoms with Crippen LogP contribution in [0.5, 0.6) is 0 Å². The first kappa shape index (κ1) is 16.8. The van der Waals surface area contributed by atoms with Crippen molar-refractivity contribution in [3.63, 3.8) is 0 Å². The van der Waals surface area contributed by atoms with Gasteiger partial charge in [0.15, 0.2) is 5.58 Å². The highest BCUT2D eigenvalue weighted by Crippen LogP contribution is 2.33. The molecule has 27 heavy (non-hydrogen) atoms. The lowest BCUT2D eigenvalue weighted by Crippen LogP contribution is -2.11. The maximum absolute atomic E-state index is 12.8. The van der Waals surface area contributed by atoms with Crippen molar-refractivity contribution in [2.75, 3.05) is 5.32 Å². The number of carbonyl (C=O) groups is 1. The monoisotopic (exact) mass is 372 g/mol. The number of halogens is 3. The minimum absolute atomic E-state index is 0.0693. The molecule has 0 atom stereocenters. The van der Waals surface area contributed by atoms with Crippen molar-refractivity contribution in [1.29, 1.82) is 0 Å². The third kappa shape index (κ3) is 3.26. The number of carbonyl (C=O) groups excluding carboxylic acids is 1. The second-order valence-corrected chi connectivity index (χ2v) is 5.63. The molecule has 0 saturated heterocycles. The van der Waals surface area contributed by atoms with Gasteiger partial charge in [0.2, 0.25) is 0 Å². The van der Waals surface area contributed by atoms with E-state index in [0.717, 1.165) is 5.69 Å². The van der Waals surface area contributed by atoms with Crippen molar-refractivity contribution in [2.24, 2.45) is 0 Å². The molecule has 0 saturated carbocycles. The molecule has 2 aromatic carbocycles. The Morgan fingerprint density at radius 1 is 1.07 bits per heavy atom. The zero-order valence-electron chi connectivity index (χ0n) is 13.6. The van der Waals surface area contributed by atoms with E-state index in [9.17, 15) is 18.0 Å². The summed E-state index contributed by atoms with van der Waals surface area (Å²) in [5.41, 5.74) is 0.985. The van der Waals surface area contributed by atoms with Crippen molar-refractivity contribution in [3.05, 3.63) is 72.4 Å². The Morgan fingerprint density at radius 2 is 1.85 bits per heavy atom. The fourth-order valence-corrected chi connectivity index (χ4v) is 2.53. The molecule has 6 nitrogen and oxygen atoms in total. The van der Waals surface area contributed by atoms with E-state index in [-0.39, 0.29) is 22.4 Å². The highest BCUT2D eigenvalue weighted by Gasteiger charge is 2.37. The lowest BCUT2D eigenvalue weighted by molar-refractivity contribution is -0.156. The quantitative estimate of drug-likeness (QED) is 0.582. The fourth-order valence-electron chi connectivity index (χ4n) is 2.53. The number of hydrogen-bond acceptors (Lipinski definition) is 4. The number of aromatic nitrogens is 3. The predicted octanol–water partition coefficient (Wildman–Crippen LogP) is 4.28. The van der Waals surface area contributed by atoms with Crippen molar-refractivity contribution >= 4 is 22.7 Å². The maximum atomic E-state index is 12.8. The zero-order valence-corrected chi connectivity index (χ0v) is 13.6. The SMILES string of the molecule is O=C(Nc1cccc2oc(C(F)(F)F)nc12)c1cnn(-c2ccccc2)c1. The lowest BCUT2D eigenvalue weighted by atomic mass is 10.2. The largest absolute Gasteiger partial charge is 0.468 e. The Balaban J connectivity index is 1.62. The minimum atomic E-state index is -4.71. The van der Waals surface area contributed by atoms with Gasteiger partial charge in [-0.3, -0.25) is 4.79 Å². The van der Waals surface area contributed by atoms with Gasteiger partial charge in [0.05, 0.1) is 23.1 Å². The predicted molar refractivity (Wildman–Crippen MR) is 90.5 cm³/mol. The minimum Gasteiger partial charge on any atom is -0.433 e. The second-order valence-electron chi connectivity index (χ2n) is 5.63. The average Bonchev–Trinajstić information content (AvgIpc) is 3.30. The molecule has 0 aliphatic heterocycles. The number of hydrogen-bond donors (Lipinski definition) is 1. The van der Waals surface area contributed by atoms with E-state index >= 15 is 0 Å². The molecule has 0 fully saturated rings. The van der Waals surface area contributed by atoms with Gasteiger partial charge in [-0.2, -0.15) is 18.3 Å². The number of amides is 1. The standard InChI is InChI=1S/C18H11F3N4O2/c19-18(20,21)17-24-15-13(7-4-8-14(15)27-17)23-16(26)11-9-22-25(10-11)12-5-2-1-3-6-12/h1-10H,(H,23,26). The normalized spacial score (nSPS) is 11.7. The number of anilines is 1. The van der Waals surface area contributed by atoms with Crippen LogP contribution in [-0.4, -0.2) is 20.7 Å². The van der Waals surface area contributed by atoms with Crippen LogP contribution in [0.4, 0.5) is 18.9 Å². The summed E-state index contributed by atoms with van der Waals surface area (Å²) in [5.74, 6) is -1.89. The van der Waals surface area contributed by atoms with E-state index < -0.39 is 18.0 Å². The first-order valence-corrected chi connectivity index (χ1v) is 7.80. The van der Waals surface area contributed by atoms with Crippen LogP contribution in [0.1, 0.15) is 16.2 Å². The summed E-state index contributed by atoms with van der Waals surface area (Å²) in [6.07, 6.45) is -1.82. The molecule has 2 aromatic heterocycles. The first-order valence-electron chi connectivity index (χ1n) is 7.80. The molecular formula is C18H11F3N4O2. The van der Waals surface area contributed by atoms with Crippen molar-refractivity contribution < 1.29 is 22.4 Å².